The second-order valence-corrected chi connectivity index (χ2v) is 11.4. The molecule has 180 valence electrons. The van der Waals surface area contributed by atoms with Crippen LogP contribution in [0.2, 0.25) is 0 Å². The van der Waals surface area contributed by atoms with Crippen molar-refractivity contribution in [2.75, 3.05) is 26.2 Å². The number of urea groups is 1. The molecule has 0 bridgehead atoms. The standard InChI is InChI=1S/C27H40N4O2/c1-4-17-29-27(22-9-6-5-7-10-22)15-13-25(14-16-27)20-30(19-24(2,3)18-28)23(32)31(25)21-26(33)11-8-12-26/h5-7,9-10,29,33H,4,8,11-17,19-21H2,1-3H3. The van der Waals surface area contributed by atoms with Crippen molar-refractivity contribution in [1.29, 1.82) is 5.26 Å². The Morgan fingerprint density at radius 3 is 2.33 bits per heavy atom. The Balaban J connectivity index is 1.60. The third-order valence-corrected chi connectivity index (χ3v) is 8.26. The molecule has 3 aliphatic rings. The van der Waals surface area contributed by atoms with Gasteiger partial charge in [-0.25, -0.2) is 4.79 Å². The molecule has 6 heteroatoms. The molecule has 1 aromatic carbocycles. The van der Waals surface area contributed by atoms with Crippen molar-refractivity contribution >= 4 is 6.03 Å². The number of aliphatic hydroxyl groups is 1. The maximum atomic E-state index is 13.6. The van der Waals surface area contributed by atoms with Crippen LogP contribution in [0.5, 0.6) is 0 Å². The van der Waals surface area contributed by atoms with Gasteiger partial charge in [-0.3, -0.25) is 0 Å². The van der Waals surface area contributed by atoms with E-state index in [0.717, 1.165) is 57.9 Å². The molecule has 1 heterocycles. The summed E-state index contributed by atoms with van der Waals surface area (Å²) in [6, 6.07) is 13.1. The second-order valence-electron chi connectivity index (χ2n) is 11.4. The first-order valence-electron chi connectivity index (χ1n) is 12.7. The van der Waals surface area contributed by atoms with Crippen LogP contribution in [-0.2, 0) is 5.54 Å². The summed E-state index contributed by atoms with van der Waals surface area (Å²) in [5.74, 6) is 0. The van der Waals surface area contributed by atoms with Gasteiger partial charge in [-0.1, -0.05) is 37.3 Å². The van der Waals surface area contributed by atoms with E-state index in [2.05, 4.69) is 48.6 Å². The predicted molar refractivity (Wildman–Crippen MR) is 129 cm³/mol. The monoisotopic (exact) mass is 452 g/mol. The van der Waals surface area contributed by atoms with Crippen LogP contribution in [0.3, 0.4) is 0 Å². The zero-order valence-corrected chi connectivity index (χ0v) is 20.6. The normalized spacial score (nSPS) is 29.2. The molecule has 1 aliphatic heterocycles. The van der Waals surface area contributed by atoms with Crippen molar-refractivity contribution in [3.63, 3.8) is 0 Å². The number of nitrogens with one attached hydrogen (secondary N) is 1. The summed E-state index contributed by atoms with van der Waals surface area (Å²) in [5, 5.41) is 24.4. The van der Waals surface area contributed by atoms with Gasteiger partial charge in [-0.15, -0.1) is 0 Å². The SMILES string of the molecule is CCCNC1(c2ccccc2)CCC2(CC1)CN(CC(C)(C)C#N)C(=O)N2CC1(O)CCC1. The van der Waals surface area contributed by atoms with Crippen molar-refractivity contribution in [2.24, 2.45) is 5.41 Å². The summed E-state index contributed by atoms with van der Waals surface area (Å²) in [6.07, 6.45) is 7.32. The van der Waals surface area contributed by atoms with E-state index in [1.807, 2.05) is 23.6 Å². The topological polar surface area (TPSA) is 79.6 Å². The first-order chi connectivity index (χ1) is 15.7. The first-order valence-corrected chi connectivity index (χ1v) is 12.7. The molecule has 2 saturated carbocycles. The van der Waals surface area contributed by atoms with E-state index in [-0.39, 0.29) is 17.1 Å². The van der Waals surface area contributed by atoms with E-state index in [9.17, 15) is 15.2 Å². The highest BCUT2D eigenvalue weighted by molar-refractivity contribution is 5.78. The van der Waals surface area contributed by atoms with Crippen LogP contribution in [-0.4, -0.2) is 58.3 Å². The lowest BCUT2D eigenvalue weighted by Crippen LogP contribution is -2.59. The lowest BCUT2D eigenvalue weighted by atomic mass is 9.68. The summed E-state index contributed by atoms with van der Waals surface area (Å²) < 4.78 is 0. The van der Waals surface area contributed by atoms with E-state index < -0.39 is 11.0 Å². The van der Waals surface area contributed by atoms with Gasteiger partial charge in [0.1, 0.15) is 0 Å². The van der Waals surface area contributed by atoms with Gasteiger partial charge in [0.25, 0.3) is 0 Å². The average Bonchev–Trinajstić information content (AvgIpc) is 3.03. The molecule has 33 heavy (non-hydrogen) atoms. The van der Waals surface area contributed by atoms with Crippen LogP contribution < -0.4 is 5.32 Å². The molecule has 1 saturated heterocycles. The fourth-order valence-corrected chi connectivity index (χ4v) is 6.05. The number of carbonyl (C=O) groups excluding carboxylic acids is 1. The van der Waals surface area contributed by atoms with Gasteiger partial charge in [-0.05, 0) is 77.3 Å². The molecule has 2 aliphatic carbocycles. The van der Waals surface area contributed by atoms with Crippen molar-refractivity contribution in [3.8, 4) is 6.07 Å². The number of amides is 2. The minimum atomic E-state index is -0.752. The van der Waals surface area contributed by atoms with Gasteiger partial charge in [0, 0.05) is 18.6 Å². The third-order valence-electron chi connectivity index (χ3n) is 8.26. The smallest absolute Gasteiger partial charge is 0.320 e. The molecule has 0 atom stereocenters. The number of nitriles is 1. The number of hydrogen-bond donors (Lipinski definition) is 2. The van der Waals surface area contributed by atoms with Crippen molar-refractivity contribution in [1.82, 2.24) is 15.1 Å². The number of rotatable bonds is 8. The number of nitrogens with zero attached hydrogens (tertiary/aromatic N) is 3. The Hall–Kier alpha value is -2.10. The lowest BCUT2D eigenvalue weighted by molar-refractivity contribution is -0.0691. The second kappa shape index (κ2) is 8.92. The summed E-state index contributed by atoms with van der Waals surface area (Å²) >= 11 is 0. The van der Waals surface area contributed by atoms with Gasteiger partial charge in [0.15, 0.2) is 0 Å². The van der Waals surface area contributed by atoms with Crippen LogP contribution in [0.25, 0.3) is 0 Å². The minimum absolute atomic E-state index is 0.00706. The zero-order chi connectivity index (χ0) is 23.7. The number of carbonyl (C=O) groups is 1. The van der Waals surface area contributed by atoms with Crippen LogP contribution in [0.15, 0.2) is 30.3 Å². The highest BCUT2D eigenvalue weighted by atomic mass is 16.3. The minimum Gasteiger partial charge on any atom is -0.388 e. The largest absolute Gasteiger partial charge is 0.388 e. The fraction of sp³-hybridized carbons (Fsp3) is 0.704. The quantitative estimate of drug-likeness (QED) is 0.613. The molecule has 1 aromatic rings. The van der Waals surface area contributed by atoms with Crippen LogP contribution in [0.4, 0.5) is 4.79 Å². The Morgan fingerprint density at radius 2 is 1.79 bits per heavy atom. The molecule has 1 spiro atoms. The van der Waals surface area contributed by atoms with Crippen LogP contribution in [0, 0.1) is 16.7 Å². The van der Waals surface area contributed by atoms with Gasteiger partial charge in [0.2, 0.25) is 0 Å². The maximum Gasteiger partial charge on any atom is 0.320 e. The van der Waals surface area contributed by atoms with Gasteiger partial charge in [0.05, 0.1) is 29.2 Å². The van der Waals surface area contributed by atoms with Crippen molar-refractivity contribution in [2.45, 2.75) is 88.8 Å². The van der Waals surface area contributed by atoms with Crippen LogP contribution >= 0.6 is 0 Å². The molecule has 3 fully saturated rings. The van der Waals surface area contributed by atoms with Crippen molar-refractivity contribution in [3.05, 3.63) is 35.9 Å². The molecule has 2 amide bonds. The number of β-amino-alcohol motifs (C(OH)–C–C–N with tert-alkyl or cyclic N) is 1. The molecular weight excluding hydrogens is 412 g/mol. The van der Waals surface area contributed by atoms with E-state index in [0.29, 0.717) is 19.6 Å². The van der Waals surface area contributed by atoms with Gasteiger partial charge in [-0.2, -0.15) is 5.26 Å². The molecule has 0 aromatic heterocycles. The Kier molecular flexibility index (Phi) is 6.50. The molecule has 0 unspecified atom stereocenters. The number of benzene rings is 1. The highest BCUT2D eigenvalue weighted by Crippen LogP contribution is 2.48. The molecular formula is C27H40N4O2. The van der Waals surface area contributed by atoms with Gasteiger partial charge < -0.3 is 20.2 Å². The number of hydrogen-bond acceptors (Lipinski definition) is 4. The van der Waals surface area contributed by atoms with Crippen LogP contribution in [0.1, 0.15) is 77.7 Å². The zero-order valence-electron chi connectivity index (χ0n) is 20.6. The molecule has 6 nitrogen and oxygen atoms in total. The fourth-order valence-electron chi connectivity index (χ4n) is 6.05. The third kappa shape index (κ3) is 4.63. The lowest BCUT2D eigenvalue weighted by Gasteiger charge is -2.51. The Bertz CT molecular complexity index is 879. The van der Waals surface area contributed by atoms with E-state index in [1.165, 1.54) is 5.56 Å². The summed E-state index contributed by atoms with van der Waals surface area (Å²) in [7, 11) is 0. The molecule has 4 rings (SSSR count). The van der Waals surface area contributed by atoms with Gasteiger partial charge >= 0.3 is 6.03 Å². The molecule has 0 radical (unpaired) electrons. The first kappa shape index (κ1) is 24.0. The maximum absolute atomic E-state index is 13.6. The Labute approximate surface area is 198 Å². The Morgan fingerprint density at radius 1 is 1.12 bits per heavy atom. The summed E-state index contributed by atoms with van der Waals surface area (Å²) in [6.45, 7) is 8.43. The molecule has 2 N–H and O–H groups in total. The summed E-state index contributed by atoms with van der Waals surface area (Å²) in [4.78, 5) is 17.5. The summed E-state index contributed by atoms with van der Waals surface area (Å²) in [5.41, 5.74) is -0.378. The van der Waals surface area contributed by atoms with Crippen molar-refractivity contribution < 1.29 is 9.90 Å². The predicted octanol–water partition coefficient (Wildman–Crippen LogP) is 4.40. The van der Waals surface area contributed by atoms with E-state index in [4.69, 9.17) is 0 Å². The van der Waals surface area contributed by atoms with E-state index >= 15 is 0 Å². The van der Waals surface area contributed by atoms with E-state index in [1.54, 1.807) is 0 Å². The average molecular weight is 453 g/mol. The highest BCUT2D eigenvalue weighted by Gasteiger charge is 2.56.